The fraction of sp³-hybridized carbons (Fsp3) is 0.235. The van der Waals surface area contributed by atoms with Crippen molar-refractivity contribution in [3.63, 3.8) is 0 Å². The molecule has 0 radical (unpaired) electrons. The van der Waals surface area contributed by atoms with Gasteiger partial charge in [-0.25, -0.2) is 9.50 Å². The minimum atomic E-state index is 0.0415. The Morgan fingerprint density at radius 1 is 1.30 bits per heavy atom. The second kappa shape index (κ2) is 5.45. The Balaban J connectivity index is 1.68. The van der Waals surface area contributed by atoms with Crippen LogP contribution in [-0.4, -0.2) is 31.9 Å². The van der Waals surface area contributed by atoms with E-state index < -0.39 is 0 Å². The molecule has 6 heteroatoms. The molecule has 5 nitrogen and oxygen atoms in total. The quantitative estimate of drug-likeness (QED) is 0.661. The molecule has 1 amide bonds. The Morgan fingerprint density at radius 3 is 2.96 bits per heavy atom. The largest absolute Gasteiger partial charge is 0.334 e. The van der Waals surface area contributed by atoms with Gasteiger partial charge in [0.05, 0.1) is 17.0 Å². The van der Waals surface area contributed by atoms with Gasteiger partial charge in [0.2, 0.25) is 0 Å². The molecule has 0 bridgehead atoms. The van der Waals surface area contributed by atoms with Crippen LogP contribution in [0.4, 0.5) is 0 Å². The van der Waals surface area contributed by atoms with Crippen LogP contribution >= 0.6 is 15.9 Å². The Hall–Kier alpha value is -2.21. The highest BCUT2D eigenvalue weighted by Gasteiger charge is 2.25. The molecule has 0 saturated heterocycles. The van der Waals surface area contributed by atoms with E-state index in [0.29, 0.717) is 18.7 Å². The van der Waals surface area contributed by atoms with E-state index in [9.17, 15) is 4.79 Å². The molecule has 3 aromatic rings. The number of nitrogens with zero attached hydrogens (tertiary/aromatic N) is 4. The van der Waals surface area contributed by atoms with Crippen LogP contribution in [0.25, 0.3) is 5.65 Å². The summed E-state index contributed by atoms with van der Waals surface area (Å²) in [5.41, 5.74) is 4.73. The average molecular weight is 371 g/mol. The monoisotopic (exact) mass is 370 g/mol. The topological polar surface area (TPSA) is 50.5 Å². The van der Waals surface area contributed by atoms with Gasteiger partial charge in [0.1, 0.15) is 0 Å². The minimum absolute atomic E-state index is 0.0415. The molecule has 3 heterocycles. The Morgan fingerprint density at radius 2 is 2.13 bits per heavy atom. The van der Waals surface area contributed by atoms with Gasteiger partial charge in [0.15, 0.2) is 5.65 Å². The van der Waals surface area contributed by atoms with Crippen molar-refractivity contribution in [3.8, 4) is 0 Å². The summed E-state index contributed by atoms with van der Waals surface area (Å²) in [6, 6.07) is 9.50. The third-order valence-electron chi connectivity index (χ3n) is 4.16. The smallest absolute Gasteiger partial charge is 0.255 e. The number of carbonyl (C=O) groups is 1. The normalized spacial score (nSPS) is 14.1. The van der Waals surface area contributed by atoms with Crippen molar-refractivity contribution in [3.05, 3.63) is 63.5 Å². The predicted octanol–water partition coefficient (Wildman–Crippen LogP) is 3.00. The molecule has 0 spiro atoms. The van der Waals surface area contributed by atoms with Crippen molar-refractivity contribution in [2.75, 3.05) is 6.54 Å². The van der Waals surface area contributed by atoms with Gasteiger partial charge >= 0.3 is 0 Å². The molecule has 23 heavy (non-hydrogen) atoms. The maximum Gasteiger partial charge on any atom is 0.255 e. The lowest BCUT2D eigenvalue weighted by molar-refractivity contribution is 0.0731. The van der Waals surface area contributed by atoms with Crippen LogP contribution in [-0.2, 0) is 13.0 Å². The Kier molecular flexibility index (Phi) is 3.41. The summed E-state index contributed by atoms with van der Waals surface area (Å²) in [5.74, 6) is 0.0415. The molecule has 0 N–H and O–H groups in total. The number of carbonyl (C=O) groups excluding carboxylic acids is 1. The van der Waals surface area contributed by atoms with Gasteiger partial charge in [-0.1, -0.05) is 12.1 Å². The first-order valence-electron chi connectivity index (χ1n) is 7.50. The van der Waals surface area contributed by atoms with Crippen LogP contribution in [0.2, 0.25) is 0 Å². The molecular weight excluding hydrogens is 356 g/mol. The van der Waals surface area contributed by atoms with E-state index >= 15 is 0 Å². The van der Waals surface area contributed by atoms with E-state index in [1.807, 2.05) is 52.9 Å². The van der Waals surface area contributed by atoms with Gasteiger partial charge in [0.25, 0.3) is 5.91 Å². The van der Waals surface area contributed by atoms with E-state index in [0.717, 1.165) is 33.5 Å². The first-order valence-corrected chi connectivity index (χ1v) is 8.30. The first kappa shape index (κ1) is 14.4. The number of aryl methyl sites for hydroxylation is 1. The molecular formula is C17H15BrN4O. The van der Waals surface area contributed by atoms with Crippen LogP contribution in [0.1, 0.15) is 27.3 Å². The summed E-state index contributed by atoms with van der Waals surface area (Å²) in [6.07, 6.45) is 2.65. The molecule has 0 saturated carbocycles. The SMILES string of the molecule is Cc1cc2ncc3c(n2n1)CCN(C(=O)c1ccccc1Br)C3. The number of fused-ring (bicyclic) bond motifs is 3. The van der Waals surface area contributed by atoms with Gasteiger partial charge < -0.3 is 4.90 Å². The van der Waals surface area contributed by atoms with E-state index in [-0.39, 0.29) is 5.91 Å². The standard InChI is InChI=1S/C17H15BrN4O/c1-11-8-16-19-9-12-10-21(7-6-15(12)22(16)20-11)17(23)13-4-2-3-5-14(13)18/h2-5,8-9H,6-7,10H2,1H3. The van der Waals surface area contributed by atoms with Gasteiger partial charge in [-0.3, -0.25) is 4.79 Å². The fourth-order valence-electron chi connectivity index (χ4n) is 3.03. The average Bonchev–Trinajstić information content (AvgIpc) is 2.95. The molecule has 0 fully saturated rings. The van der Waals surface area contributed by atoms with Crippen LogP contribution < -0.4 is 0 Å². The van der Waals surface area contributed by atoms with E-state index in [1.165, 1.54) is 0 Å². The molecule has 2 aromatic heterocycles. The van der Waals surface area contributed by atoms with Gasteiger partial charge in [0, 0.05) is 41.8 Å². The zero-order valence-corrected chi connectivity index (χ0v) is 14.2. The van der Waals surface area contributed by atoms with Crippen molar-refractivity contribution in [1.82, 2.24) is 19.5 Å². The summed E-state index contributed by atoms with van der Waals surface area (Å²) in [6.45, 7) is 3.22. The van der Waals surface area contributed by atoms with E-state index in [1.54, 1.807) is 0 Å². The zero-order chi connectivity index (χ0) is 16.0. The molecule has 0 atom stereocenters. The maximum absolute atomic E-state index is 12.8. The van der Waals surface area contributed by atoms with E-state index in [4.69, 9.17) is 0 Å². The van der Waals surface area contributed by atoms with Crippen LogP contribution in [0, 0.1) is 6.92 Å². The van der Waals surface area contributed by atoms with Crippen molar-refractivity contribution < 1.29 is 4.79 Å². The number of rotatable bonds is 1. The van der Waals surface area contributed by atoms with Crippen LogP contribution in [0.3, 0.4) is 0 Å². The van der Waals surface area contributed by atoms with Crippen LogP contribution in [0.15, 0.2) is 41.0 Å². The molecule has 0 aliphatic carbocycles. The molecule has 1 aliphatic rings. The predicted molar refractivity (Wildman–Crippen MR) is 90.3 cm³/mol. The summed E-state index contributed by atoms with van der Waals surface area (Å²) in [4.78, 5) is 19.1. The number of aromatic nitrogens is 3. The highest BCUT2D eigenvalue weighted by atomic mass is 79.9. The third-order valence-corrected chi connectivity index (χ3v) is 4.85. The second-order valence-electron chi connectivity index (χ2n) is 5.74. The van der Waals surface area contributed by atoms with Gasteiger partial charge in [-0.2, -0.15) is 5.10 Å². The highest BCUT2D eigenvalue weighted by molar-refractivity contribution is 9.10. The zero-order valence-electron chi connectivity index (χ0n) is 12.7. The lowest BCUT2D eigenvalue weighted by Crippen LogP contribution is -2.37. The third kappa shape index (κ3) is 2.43. The van der Waals surface area contributed by atoms with Crippen molar-refractivity contribution in [2.24, 2.45) is 0 Å². The van der Waals surface area contributed by atoms with Crippen molar-refractivity contribution in [2.45, 2.75) is 19.9 Å². The molecule has 0 unspecified atom stereocenters. The highest BCUT2D eigenvalue weighted by Crippen LogP contribution is 2.23. The molecule has 1 aromatic carbocycles. The fourth-order valence-corrected chi connectivity index (χ4v) is 3.49. The molecule has 4 rings (SSSR count). The van der Waals surface area contributed by atoms with Crippen molar-refractivity contribution >= 4 is 27.5 Å². The number of hydrogen-bond acceptors (Lipinski definition) is 3. The van der Waals surface area contributed by atoms with Gasteiger partial charge in [-0.15, -0.1) is 0 Å². The van der Waals surface area contributed by atoms with Crippen LogP contribution in [0.5, 0.6) is 0 Å². The first-order chi connectivity index (χ1) is 11.1. The number of halogens is 1. The summed E-state index contributed by atoms with van der Waals surface area (Å²) in [7, 11) is 0. The summed E-state index contributed by atoms with van der Waals surface area (Å²) in [5, 5.41) is 4.51. The van der Waals surface area contributed by atoms with E-state index in [2.05, 4.69) is 26.0 Å². The summed E-state index contributed by atoms with van der Waals surface area (Å²) >= 11 is 3.46. The molecule has 116 valence electrons. The Bertz CT molecular complexity index is 918. The lowest BCUT2D eigenvalue weighted by Gasteiger charge is -2.29. The second-order valence-corrected chi connectivity index (χ2v) is 6.60. The Labute approximate surface area is 142 Å². The number of hydrogen-bond donors (Lipinski definition) is 0. The maximum atomic E-state index is 12.8. The van der Waals surface area contributed by atoms with Crippen molar-refractivity contribution in [1.29, 1.82) is 0 Å². The summed E-state index contributed by atoms with van der Waals surface area (Å²) < 4.78 is 2.73. The number of benzene rings is 1. The lowest BCUT2D eigenvalue weighted by atomic mass is 10.1. The number of amides is 1. The molecule has 1 aliphatic heterocycles. The van der Waals surface area contributed by atoms with Gasteiger partial charge in [-0.05, 0) is 35.0 Å². The minimum Gasteiger partial charge on any atom is -0.334 e.